The minimum atomic E-state index is -0.412. The zero-order valence-electron chi connectivity index (χ0n) is 16.4. The van der Waals surface area contributed by atoms with Gasteiger partial charge in [-0.15, -0.1) is 0 Å². The fourth-order valence-electron chi connectivity index (χ4n) is 3.44. The Balaban J connectivity index is 1.30. The van der Waals surface area contributed by atoms with Gasteiger partial charge in [-0.25, -0.2) is 5.01 Å². The molecule has 0 fully saturated rings. The lowest BCUT2D eigenvalue weighted by Gasteiger charge is -2.24. The molecule has 0 radical (unpaired) electrons. The standard InChI is InChI=1S/C22H18N4O5/c27-21(19-9-10-23-31-19)24-16-6-3-14(4-7-16)22(28)26-11-1-2-17(25-26)15-5-8-18-20(12-15)30-13-29-18/h3-10,12H,1-2,11,13H2,(H,24,27). The molecule has 0 spiro atoms. The number of rotatable bonds is 4. The van der Waals surface area contributed by atoms with Gasteiger partial charge in [0.05, 0.1) is 11.9 Å². The first kappa shape index (κ1) is 18.9. The molecule has 0 atom stereocenters. The summed E-state index contributed by atoms with van der Waals surface area (Å²) in [5.41, 5.74) is 2.76. The van der Waals surface area contributed by atoms with Crippen LogP contribution in [0.25, 0.3) is 0 Å². The summed E-state index contributed by atoms with van der Waals surface area (Å²) < 4.78 is 15.6. The Kier molecular flexibility index (Phi) is 4.83. The lowest BCUT2D eigenvalue weighted by Crippen LogP contribution is -2.32. The number of aromatic nitrogens is 1. The van der Waals surface area contributed by atoms with Crippen molar-refractivity contribution in [2.45, 2.75) is 12.8 Å². The van der Waals surface area contributed by atoms with Crippen LogP contribution in [0.2, 0.25) is 0 Å². The normalized spacial score (nSPS) is 14.8. The van der Waals surface area contributed by atoms with Gasteiger partial charge in [0, 0.05) is 29.4 Å². The van der Waals surface area contributed by atoms with Crippen LogP contribution in [-0.2, 0) is 0 Å². The van der Waals surface area contributed by atoms with Crippen molar-refractivity contribution in [1.29, 1.82) is 0 Å². The molecule has 31 heavy (non-hydrogen) atoms. The molecule has 2 aromatic carbocycles. The van der Waals surface area contributed by atoms with Crippen molar-refractivity contribution in [3.05, 3.63) is 71.6 Å². The predicted octanol–water partition coefficient (Wildman–Crippen LogP) is 3.30. The maximum Gasteiger partial charge on any atom is 0.294 e. The SMILES string of the molecule is O=C(Nc1ccc(C(=O)N2CCCC(c3ccc4c(c3)OCO4)=N2)cc1)c1ccno1. The molecule has 5 rings (SSSR count). The number of nitrogens with one attached hydrogen (secondary N) is 1. The summed E-state index contributed by atoms with van der Waals surface area (Å²) in [6, 6.07) is 13.8. The molecule has 156 valence electrons. The van der Waals surface area contributed by atoms with Crippen molar-refractivity contribution in [3.63, 3.8) is 0 Å². The quantitative estimate of drug-likeness (QED) is 0.697. The number of nitrogens with zero attached hydrogens (tertiary/aromatic N) is 3. The summed E-state index contributed by atoms with van der Waals surface area (Å²) in [6.45, 7) is 0.752. The first-order chi connectivity index (χ1) is 15.2. The first-order valence-corrected chi connectivity index (χ1v) is 9.79. The Hall–Kier alpha value is -4.14. The summed E-state index contributed by atoms with van der Waals surface area (Å²) in [5, 5.41) is 12.3. The third kappa shape index (κ3) is 3.85. The molecule has 2 aliphatic heterocycles. The number of amides is 2. The van der Waals surface area contributed by atoms with Gasteiger partial charge < -0.3 is 19.3 Å². The molecule has 0 unspecified atom stereocenters. The Bertz CT molecular complexity index is 1160. The van der Waals surface area contributed by atoms with Crippen molar-refractivity contribution >= 4 is 23.2 Å². The van der Waals surface area contributed by atoms with Gasteiger partial charge in [-0.05, 0) is 55.3 Å². The van der Waals surface area contributed by atoms with E-state index < -0.39 is 5.91 Å². The van der Waals surface area contributed by atoms with Crippen LogP contribution in [0, 0.1) is 0 Å². The van der Waals surface area contributed by atoms with Crippen LogP contribution >= 0.6 is 0 Å². The molecular weight excluding hydrogens is 400 g/mol. The highest BCUT2D eigenvalue weighted by Gasteiger charge is 2.22. The van der Waals surface area contributed by atoms with E-state index in [0.29, 0.717) is 29.3 Å². The number of fused-ring (bicyclic) bond motifs is 1. The Morgan fingerprint density at radius 1 is 1.00 bits per heavy atom. The van der Waals surface area contributed by atoms with Gasteiger partial charge >= 0.3 is 0 Å². The third-order valence-electron chi connectivity index (χ3n) is 5.02. The van der Waals surface area contributed by atoms with Crippen molar-refractivity contribution in [2.75, 3.05) is 18.7 Å². The second-order valence-electron chi connectivity index (χ2n) is 7.05. The van der Waals surface area contributed by atoms with E-state index in [4.69, 9.17) is 14.0 Å². The third-order valence-corrected chi connectivity index (χ3v) is 5.02. The maximum atomic E-state index is 12.9. The van der Waals surface area contributed by atoms with Crippen molar-refractivity contribution < 1.29 is 23.6 Å². The minimum Gasteiger partial charge on any atom is -0.454 e. The number of ether oxygens (including phenoxy) is 2. The maximum absolute atomic E-state index is 12.9. The molecule has 1 aromatic heterocycles. The molecule has 0 saturated carbocycles. The number of hydrazone groups is 1. The number of carbonyl (C=O) groups excluding carboxylic acids is 2. The van der Waals surface area contributed by atoms with Gasteiger partial charge in [0.1, 0.15) is 0 Å². The number of hydrogen-bond donors (Lipinski definition) is 1. The monoisotopic (exact) mass is 418 g/mol. The van der Waals surface area contributed by atoms with Crippen LogP contribution in [0.1, 0.15) is 39.3 Å². The second-order valence-corrected chi connectivity index (χ2v) is 7.05. The van der Waals surface area contributed by atoms with E-state index in [9.17, 15) is 9.59 Å². The van der Waals surface area contributed by atoms with E-state index >= 15 is 0 Å². The minimum absolute atomic E-state index is 0.110. The van der Waals surface area contributed by atoms with Gasteiger partial charge in [-0.1, -0.05) is 5.16 Å². The number of anilines is 1. The van der Waals surface area contributed by atoms with E-state index in [1.165, 1.54) is 17.3 Å². The molecule has 3 heterocycles. The van der Waals surface area contributed by atoms with Crippen molar-refractivity contribution in [3.8, 4) is 11.5 Å². The van der Waals surface area contributed by atoms with E-state index in [1.54, 1.807) is 24.3 Å². The summed E-state index contributed by atoms with van der Waals surface area (Å²) in [7, 11) is 0. The van der Waals surface area contributed by atoms with Gasteiger partial charge in [-0.2, -0.15) is 5.10 Å². The molecule has 9 heteroatoms. The molecule has 0 saturated heterocycles. The van der Waals surface area contributed by atoms with Gasteiger partial charge in [0.25, 0.3) is 11.8 Å². The van der Waals surface area contributed by atoms with Crippen molar-refractivity contribution in [2.24, 2.45) is 5.10 Å². The van der Waals surface area contributed by atoms with Gasteiger partial charge in [0.15, 0.2) is 11.5 Å². The van der Waals surface area contributed by atoms with Crippen LogP contribution in [0.15, 0.2) is 64.4 Å². The van der Waals surface area contributed by atoms with Gasteiger partial charge in [0.2, 0.25) is 12.6 Å². The zero-order valence-corrected chi connectivity index (χ0v) is 16.4. The molecule has 0 bridgehead atoms. The lowest BCUT2D eigenvalue weighted by molar-refractivity contribution is 0.0751. The van der Waals surface area contributed by atoms with E-state index in [1.807, 2.05) is 18.2 Å². The predicted molar refractivity (Wildman–Crippen MR) is 110 cm³/mol. The molecule has 9 nitrogen and oxygen atoms in total. The average molecular weight is 418 g/mol. The summed E-state index contributed by atoms with van der Waals surface area (Å²) in [6.07, 6.45) is 2.98. The molecular formula is C22H18N4O5. The van der Waals surface area contributed by atoms with Gasteiger partial charge in [-0.3, -0.25) is 9.59 Å². The lowest BCUT2D eigenvalue weighted by atomic mass is 10.0. The fraction of sp³-hybridized carbons (Fsp3) is 0.182. The van der Waals surface area contributed by atoms with E-state index in [0.717, 1.165) is 24.1 Å². The number of carbonyl (C=O) groups is 2. The summed E-state index contributed by atoms with van der Waals surface area (Å²) in [5.74, 6) is 0.894. The highest BCUT2D eigenvalue weighted by Crippen LogP contribution is 2.33. The second kappa shape index (κ2) is 7.94. The first-order valence-electron chi connectivity index (χ1n) is 9.79. The number of hydrogen-bond acceptors (Lipinski definition) is 7. The van der Waals surface area contributed by atoms with Crippen LogP contribution in [-0.4, -0.2) is 41.0 Å². The number of benzene rings is 2. The largest absolute Gasteiger partial charge is 0.454 e. The average Bonchev–Trinajstić information content (AvgIpc) is 3.51. The van der Waals surface area contributed by atoms with Crippen molar-refractivity contribution in [1.82, 2.24) is 10.2 Å². The Labute approximate surface area is 177 Å². The van der Waals surface area contributed by atoms with Crippen LogP contribution in [0.5, 0.6) is 11.5 Å². The highest BCUT2D eigenvalue weighted by atomic mass is 16.7. The zero-order chi connectivity index (χ0) is 21.2. The smallest absolute Gasteiger partial charge is 0.294 e. The molecule has 2 aliphatic rings. The van der Waals surface area contributed by atoms with E-state index in [2.05, 4.69) is 15.6 Å². The fourth-order valence-corrected chi connectivity index (χ4v) is 3.44. The molecule has 2 amide bonds. The Morgan fingerprint density at radius 3 is 2.65 bits per heavy atom. The molecule has 0 aliphatic carbocycles. The summed E-state index contributed by atoms with van der Waals surface area (Å²) in [4.78, 5) is 25.0. The van der Waals surface area contributed by atoms with Crippen LogP contribution in [0.4, 0.5) is 5.69 Å². The summed E-state index contributed by atoms with van der Waals surface area (Å²) >= 11 is 0. The molecule has 3 aromatic rings. The van der Waals surface area contributed by atoms with Crippen LogP contribution in [0.3, 0.4) is 0 Å². The molecule has 1 N–H and O–H groups in total. The van der Waals surface area contributed by atoms with Crippen LogP contribution < -0.4 is 14.8 Å². The van der Waals surface area contributed by atoms with E-state index in [-0.39, 0.29) is 18.5 Å². The Morgan fingerprint density at radius 2 is 1.84 bits per heavy atom. The highest BCUT2D eigenvalue weighted by molar-refractivity contribution is 6.04. The topological polar surface area (TPSA) is 106 Å².